The van der Waals surface area contributed by atoms with Crippen molar-refractivity contribution in [3.8, 4) is 5.75 Å². The van der Waals surface area contributed by atoms with E-state index in [0.29, 0.717) is 0 Å². The molecule has 1 fully saturated rings. The van der Waals surface area contributed by atoms with Crippen molar-refractivity contribution in [2.24, 2.45) is 0 Å². The molecule has 0 spiro atoms. The highest BCUT2D eigenvalue weighted by Gasteiger charge is 2.24. The van der Waals surface area contributed by atoms with Gasteiger partial charge in [0, 0.05) is 3.57 Å². The summed E-state index contributed by atoms with van der Waals surface area (Å²) in [4.78, 5) is 0. The number of hydrogen-bond donors (Lipinski definition) is 1. The number of aliphatic hydroxyl groups is 1. The Morgan fingerprint density at radius 3 is 2.80 bits per heavy atom. The summed E-state index contributed by atoms with van der Waals surface area (Å²) in [6.07, 6.45) is 3.80. The third-order valence-electron chi connectivity index (χ3n) is 2.75. The molecule has 0 bridgehead atoms. The first-order valence-corrected chi connectivity index (χ1v) is 6.44. The van der Waals surface area contributed by atoms with E-state index in [9.17, 15) is 5.11 Å². The van der Waals surface area contributed by atoms with Gasteiger partial charge in [-0.1, -0.05) is 12.5 Å². The molecule has 2 atom stereocenters. The van der Waals surface area contributed by atoms with Crippen LogP contribution in [-0.4, -0.2) is 17.3 Å². The van der Waals surface area contributed by atoms with Gasteiger partial charge in [0.1, 0.15) is 11.9 Å². The van der Waals surface area contributed by atoms with E-state index in [1.54, 1.807) is 0 Å². The van der Waals surface area contributed by atoms with Crippen molar-refractivity contribution in [3.05, 3.63) is 27.8 Å². The average Bonchev–Trinajstić information content (AvgIpc) is 2.22. The molecule has 0 unspecified atom stereocenters. The van der Waals surface area contributed by atoms with Crippen LogP contribution in [0.5, 0.6) is 5.75 Å². The molecule has 1 saturated carbocycles. The normalized spacial score (nSPS) is 26.3. The number of ether oxygens (including phenoxy) is 1. The van der Waals surface area contributed by atoms with Crippen molar-refractivity contribution in [1.82, 2.24) is 0 Å². The molecule has 0 aliphatic heterocycles. The first kappa shape index (κ1) is 11.2. The lowest BCUT2D eigenvalue weighted by Gasteiger charge is -2.28. The Labute approximate surface area is 104 Å². The maximum absolute atomic E-state index is 9.77. The number of aliphatic hydroxyl groups excluding tert-OH is 1. The van der Waals surface area contributed by atoms with Crippen LogP contribution in [0.3, 0.4) is 0 Å². The Balaban J connectivity index is 2.01. The second-order valence-corrected chi connectivity index (χ2v) is 5.21. The summed E-state index contributed by atoms with van der Waals surface area (Å²) in [6.45, 7) is 0. The molecule has 2 nitrogen and oxygen atoms in total. The van der Waals surface area contributed by atoms with Gasteiger partial charge in [-0.2, -0.15) is 0 Å². The Bertz CT molecular complexity index is 327. The molecule has 0 saturated heterocycles. The molecule has 1 aromatic carbocycles. The smallest absolute Gasteiger partial charge is 0.124 e. The van der Waals surface area contributed by atoms with Crippen molar-refractivity contribution in [1.29, 1.82) is 0 Å². The van der Waals surface area contributed by atoms with Gasteiger partial charge in [0.05, 0.1) is 6.10 Å². The van der Waals surface area contributed by atoms with E-state index in [4.69, 9.17) is 4.74 Å². The summed E-state index contributed by atoms with van der Waals surface area (Å²) in [5, 5.41) is 9.77. The van der Waals surface area contributed by atoms with Crippen LogP contribution in [0.4, 0.5) is 0 Å². The number of hydrogen-bond acceptors (Lipinski definition) is 2. The van der Waals surface area contributed by atoms with Crippen LogP contribution in [0, 0.1) is 3.57 Å². The maximum Gasteiger partial charge on any atom is 0.124 e. The monoisotopic (exact) mass is 318 g/mol. The molecule has 15 heavy (non-hydrogen) atoms. The van der Waals surface area contributed by atoms with Gasteiger partial charge in [0.15, 0.2) is 0 Å². The summed E-state index contributed by atoms with van der Waals surface area (Å²) < 4.78 is 6.96. The molecular weight excluding hydrogens is 303 g/mol. The summed E-state index contributed by atoms with van der Waals surface area (Å²) in [5.41, 5.74) is 0. The molecule has 1 aliphatic rings. The third-order valence-corrected chi connectivity index (χ3v) is 3.42. The minimum atomic E-state index is -0.295. The predicted octanol–water partition coefficient (Wildman–Crippen LogP) is 2.97. The molecular formula is C12H15IO2. The maximum atomic E-state index is 9.77. The second kappa shape index (κ2) is 5.16. The quantitative estimate of drug-likeness (QED) is 0.850. The SMILES string of the molecule is O[C@@H]1CCCC[C@H]1Oc1cccc(I)c1. The first-order chi connectivity index (χ1) is 7.25. The zero-order chi connectivity index (χ0) is 10.7. The van der Waals surface area contributed by atoms with Crippen LogP contribution in [0.1, 0.15) is 25.7 Å². The molecule has 0 radical (unpaired) electrons. The molecule has 1 N–H and O–H groups in total. The molecule has 0 amide bonds. The summed E-state index contributed by atoms with van der Waals surface area (Å²) in [7, 11) is 0. The topological polar surface area (TPSA) is 29.5 Å². The van der Waals surface area contributed by atoms with Gasteiger partial charge in [0.2, 0.25) is 0 Å². The number of halogens is 1. The molecule has 3 heteroatoms. The fourth-order valence-corrected chi connectivity index (χ4v) is 2.44. The third kappa shape index (κ3) is 3.08. The second-order valence-electron chi connectivity index (χ2n) is 3.97. The Hall–Kier alpha value is -0.290. The van der Waals surface area contributed by atoms with E-state index in [-0.39, 0.29) is 12.2 Å². The van der Waals surface area contributed by atoms with Gasteiger partial charge in [-0.05, 0) is 60.1 Å². The Kier molecular flexibility index (Phi) is 3.86. The zero-order valence-electron chi connectivity index (χ0n) is 8.53. The first-order valence-electron chi connectivity index (χ1n) is 5.36. The van der Waals surface area contributed by atoms with Gasteiger partial charge in [0.25, 0.3) is 0 Å². The zero-order valence-corrected chi connectivity index (χ0v) is 10.7. The Morgan fingerprint density at radius 2 is 2.07 bits per heavy atom. The molecule has 1 aromatic rings. The van der Waals surface area contributed by atoms with Crippen LogP contribution in [0.15, 0.2) is 24.3 Å². The van der Waals surface area contributed by atoms with Gasteiger partial charge in [-0.25, -0.2) is 0 Å². The van der Waals surface area contributed by atoms with Crippen LogP contribution in [0.25, 0.3) is 0 Å². The largest absolute Gasteiger partial charge is 0.488 e. The van der Waals surface area contributed by atoms with E-state index in [1.807, 2.05) is 24.3 Å². The van der Waals surface area contributed by atoms with Crippen LogP contribution >= 0.6 is 22.6 Å². The minimum absolute atomic E-state index is 0.0167. The molecule has 82 valence electrons. The van der Waals surface area contributed by atoms with Crippen molar-refractivity contribution in [2.75, 3.05) is 0 Å². The molecule has 0 aromatic heterocycles. The number of benzene rings is 1. The highest BCUT2D eigenvalue weighted by Crippen LogP contribution is 2.24. The van der Waals surface area contributed by atoms with Gasteiger partial charge >= 0.3 is 0 Å². The fraction of sp³-hybridized carbons (Fsp3) is 0.500. The van der Waals surface area contributed by atoms with Crippen LogP contribution < -0.4 is 4.74 Å². The van der Waals surface area contributed by atoms with E-state index in [1.165, 1.54) is 0 Å². The summed E-state index contributed by atoms with van der Waals surface area (Å²) >= 11 is 2.26. The van der Waals surface area contributed by atoms with Crippen molar-refractivity contribution >= 4 is 22.6 Å². The summed E-state index contributed by atoms with van der Waals surface area (Å²) in [6, 6.07) is 7.96. The molecule has 0 heterocycles. The van der Waals surface area contributed by atoms with Gasteiger partial charge in [-0.15, -0.1) is 0 Å². The van der Waals surface area contributed by atoms with E-state index in [2.05, 4.69) is 22.6 Å². The van der Waals surface area contributed by atoms with Gasteiger partial charge < -0.3 is 9.84 Å². The van der Waals surface area contributed by atoms with E-state index >= 15 is 0 Å². The fourth-order valence-electron chi connectivity index (χ4n) is 1.93. The van der Waals surface area contributed by atoms with Gasteiger partial charge in [-0.3, -0.25) is 0 Å². The minimum Gasteiger partial charge on any atom is -0.488 e. The lowest BCUT2D eigenvalue weighted by molar-refractivity contribution is 0.00684. The van der Waals surface area contributed by atoms with E-state index < -0.39 is 0 Å². The highest BCUT2D eigenvalue weighted by atomic mass is 127. The number of rotatable bonds is 2. The lowest BCUT2D eigenvalue weighted by Crippen LogP contribution is -2.34. The van der Waals surface area contributed by atoms with Crippen molar-refractivity contribution in [2.45, 2.75) is 37.9 Å². The molecule has 2 rings (SSSR count). The molecule has 1 aliphatic carbocycles. The predicted molar refractivity (Wildman–Crippen MR) is 68.0 cm³/mol. The van der Waals surface area contributed by atoms with Crippen molar-refractivity contribution < 1.29 is 9.84 Å². The van der Waals surface area contributed by atoms with Crippen molar-refractivity contribution in [3.63, 3.8) is 0 Å². The summed E-state index contributed by atoms with van der Waals surface area (Å²) in [5.74, 6) is 0.868. The standard InChI is InChI=1S/C12H15IO2/c13-9-4-3-5-10(8-9)15-12-7-2-1-6-11(12)14/h3-5,8,11-12,14H,1-2,6-7H2/t11-,12-/m1/s1. The average molecular weight is 318 g/mol. The van der Waals surface area contributed by atoms with Crippen LogP contribution in [0.2, 0.25) is 0 Å². The van der Waals surface area contributed by atoms with E-state index in [0.717, 1.165) is 35.0 Å². The Morgan fingerprint density at radius 1 is 1.27 bits per heavy atom. The lowest BCUT2D eigenvalue weighted by atomic mass is 9.95. The van der Waals surface area contributed by atoms with Crippen LogP contribution in [-0.2, 0) is 0 Å². The highest BCUT2D eigenvalue weighted by molar-refractivity contribution is 14.1.